The van der Waals surface area contributed by atoms with Crippen molar-refractivity contribution in [3.8, 4) is 17.1 Å². The predicted octanol–water partition coefficient (Wildman–Crippen LogP) is 3.71. The van der Waals surface area contributed by atoms with Gasteiger partial charge in [0.1, 0.15) is 5.75 Å². The summed E-state index contributed by atoms with van der Waals surface area (Å²) >= 11 is 0. The second-order valence-electron chi connectivity index (χ2n) is 5.30. The summed E-state index contributed by atoms with van der Waals surface area (Å²) in [7, 11) is 1.57. The molecule has 0 saturated carbocycles. The number of benzene rings is 1. The second-order valence-corrected chi connectivity index (χ2v) is 5.30. The third-order valence-electron chi connectivity index (χ3n) is 3.56. The van der Waals surface area contributed by atoms with Gasteiger partial charge in [0, 0.05) is 12.4 Å². The molecule has 0 atom stereocenters. The number of aromatic nitrogens is 2. The van der Waals surface area contributed by atoms with E-state index < -0.39 is 0 Å². The zero-order valence-electron chi connectivity index (χ0n) is 13.5. The van der Waals surface area contributed by atoms with Crippen molar-refractivity contribution < 1.29 is 9.53 Å². The average Bonchev–Trinajstić information content (AvgIpc) is 2.63. The van der Waals surface area contributed by atoms with Gasteiger partial charge in [-0.05, 0) is 48.9 Å². The van der Waals surface area contributed by atoms with E-state index in [4.69, 9.17) is 4.74 Å². The standard InChI is InChI=1S/C19H17N3O2/c1-13-6-9-18(24-2)17(11-13)22-19(23)14-7-8-16(21-12-14)15-5-3-4-10-20-15/h3-12H,1-2H3,(H,22,23). The Balaban J connectivity index is 1.80. The number of hydrogen-bond acceptors (Lipinski definition) is 4. The van der Waals surface area contributed by atoms with Crippen molar-refractivity contribution in [2.75, 3.05) is 12.4 Å². The maximum Gasteiger partial charge on any atom is 0.257 e. The Morgan fingerprint density at radius 2 is 1.88 bits per heavy atom. The van der Waals surface area contributed by atoms with E-state index >= 15 is 0 Å². The van der Waals surface area contributed by atoms with E-state index in [2.05, 4.69) is 15.3 Å². The number of pyridine rings is 2. The molecule has 0 aliphatic rings. The van der Waals surface area contributed by atoms with Gasteiger partial charge < -0.3 is 10.1 Å². The molecule has 1 amide bonds. The van der Waals surface area contributed by atoms with Crippen LogP contribution in [0.1, 0.15) is 15.9 Å². The van der Waals surface area contributed by atoms with Crippen LogP contribution in [0, 0.1) is 6.92 Å². The summed E-state index contributed by atoms with van der Waals surface area (Å²) in [6.07, 6.45) is 3.25. The quantitative estimate of drug-likeness (QED) is 0.796. The highest BCUT2D eigenvalue weighted by Crippen LogP contribution is 2.25. The molecular weight excluding hydrogens is 302 g/mol. The number of methoxy groups -OCH3 is 1. The van der Waals surface area contributed by atoms with E-state index in [0.717, 1.165) is 17.0 Å². The molecule has 0 radical (unpaired) electrons. The van der Waals surface area contributed by atoms with Gasteiger partial charge in [-0.1, -0.05) is 12.1 Å². The summed E-state index contributed by atoms with van der Waals surface area (Å²) in [6.45, 7) is 1.96. The van der Waals surface area contributed by atoms with Crippen LogP contribution in [0.2, 0.25) is 0 Å². The van der Waals surface area contributed by atoms with Crippen molar-refractivity contribution in [3.05, 3.63) is 72.1 Å². The van der Waals surface area contributed by atoms with Gasteiger partial charge in [0.05, 0.1) is 29.7 Å². The molecule has 0 fully saturated rings. The van der Waals surface area contributed by atoms with Crippen LogP contribution in [0.25, 0.3) is 11.4 Å². The number of ether oxygens (including phenoxy) is 1. The van der Waals surface area contributed by atoms with Crippen LogP contribution < -0.4 is 10.1 Å². The number of carbonyl (C=O) groups is 1. The Hall–Kier alpha value is -3.21. The Bertz CT molecular complexity index is 846. The topological polar surface area (TPSA) is 64.1 Å². The van der Waals surface area contributed by atoms with Crippen LogP contribution in [0.15, 0.2) is 60.9 Å². The molecule has 0 unspecified atom stereocenters. The fourth-order valence-electron chi connectivity index (χ4n) is 2.31. The van der Waals surface area contributed by atoms with E-state index in [0.29, 0.717) is 17.0 Å². The lowest BCUT2D eigenvalue weighted by molar-refractivity contribution is 0.102. The number of anilines is 1. The predicted molar refractivity (Wildman–Crippen MR) is 93.2 cm³/mol. The molecule has 0 aliphatic heterocycles. The fourth-order valence-corrected chi connectivity index (χ4v) is 2.31. The number of aryl methyl sites for hydroxylation is 1. The fraction of sp³-hybridized carbons (Fsp3) is 0.105. The molecule has 1 N–H and O–H groups in total. The number of rotatable bonds is 4. The summed E-state index contributed by atoms with van der Waals surface area (Å²) < 4.78 is 5.28. The minimum atomic E-state index is -0.237. The highest BCUT2D eigenvalue weighted by Gasteiger charge is 2.11. The van der Waals surface area contributed by atoms with Crippen LogP contribution in [-0.2, 0) is 0 Å². The third-order valence-corrected chi connectivity index (χ3v) is 3.56. The minimum absolute atomic E-state index is 0.237. The summed E-state index contributed by atoms with van der Waals surface area (Å²) in [4.78, 5) is 21.0. The number of nitrogens with zero attached hydrogens (tertiary/aromatic N) is 2. The number of hydrogen-bond donors (Lipinski definition) is 1. The Morgan fingerprint density at radius 3 is 2.54 bits per heavy atom. The molecule has 5 heteroatoms. The number of nitrogens with one attached hydrogen (secondary N) is 1. The van der Waals surface area contributed by atoms with E-state index in [1.807, 2.05) is 43.3 Å². The molecule has 0 saturated heterocycles. The molecular formula is C19H17N3O2. The van der Waals surface area contributed by atoms with Crippen LogP contribution in [-0.4, -0.2) is 23.0 Å². The Labute approximate surface area is 140 Å². The van der Waals surface area contributed by atoms with Gasteiger partial charge in [-0.3, -0.25) is 14.8 Å². The third kappa shape index (κ3) is 3.41. The monoisotopic (exact) mass is 319 g/mol. The maximum atomic E-state index is 12.4. The van der Waals surface area contributed by atoms with E-state index in [1.54, 1.807) is 31.6 Å². The van der Waals surface area contributed by atoms with Gasteiger partial charge in [-0.25, -0.2) is 0 Å². The highest BCUT2D eigenvalue weighted by molar-refractivity contribution is 6.05. The first-order valence-electron chi connectivity index (χ1n) is 7.51. The van der Waals surface area contributed by atoms with Crippen molar-refractivity contribution in [3.63, 3.8) is 0 Å². The highest BCUT2D eigenvalue weighted by atomic mass is 16.5. The molecule has 5 nitrogen and oxygen atoms in total. The molecule has 0 bridgehead atoms. The molecule has 0 spiro atoms. The Kier molecular flexibility index (Phi) is 4.52. The van der Waals surface area contributed by atoms with Gasteiger partial charge >= 0.3 is 0 Å². The lowest BCUT2D eigenvalue weighted by atomic mass is 10.1. The molecule has 3 rings (SSSR count). The van der Waals surface area contributed by atoms with Crippen LogP contribution in [0.3, 0.4) is 0 Å². The SMILES string of the molecule is COc1ccc(C)cc1NC(=O)c1ccc(-c2ccccn2)nc1. The molecule has 120 valence electrons. The first-order valence-corrected chi connectivity index (χ1v) is 7.51. The van der Waals surface area contributed by atoms with Crippen LogP contribution >= 0.6 is 0 Å². The summed E-state index contributed by atoms with van der Waals surface area (Å²) in [6, 6.07) is 14.8. The molecule has 0 aliphatic carbocycles. The molecule has 3 aromatic rings. The van der Waals surface area contributed by atoms with Crippen molar-refractivity contribution >= 4 is 11.6 Å². The van der Waals surface area contributed by atoms with Gasteiger partial charge in [0.15, 0.2) is 0 Å². The minimum Gasteiger partial charge on any atom is -0.495 e. The van der Waals surface area contributed by atoms with E-state index in [-0.39, 0.29) is 5.91 Å². The van der Waals surface area contributed by atoms with Crippen molar-refractivity contribution in [2.45, 2.75) is 6.92 Å². The largest absolute Gasteiger partial charge is 0.495 e. The normalized spacial score (nSPS) is 10.2. The lowest BCUT2D eigenvalue weighted by Gasteiger charge is -2.11. The van der Waals surface area contributed by atoms with Crippen LogP contribution in [0.4, 0.5) is 5.69 Å². The number of carbonyl (C=O) groups excluding carboxylic acids is 1. The van der Waals surface area contributed by atoms with Crippen molar-refractivity contribution in [2.24, 2.45) is 0 Å². The molecule has 2 heterocycles. The lowest BCUT2D eigenvalue weighted by Crippen LogP contribution is -2.13. The summed E-state index contributed by atoms with van der Waals surface area (Å²) in [5, 5.41) is 2.86. The Morgan fingerprint density at radius 1 is 1.04 bits per heavy atom. The first kappa shape index (κ1) is 15.7. The van der Waals surface area contributed by atoms with Gasteiger partial charge in [0.25, 0.3) is 5.91 Å². The van der Waals surface area contributed by atoms with E-state index in [9.17, 15) is 4.79 Å². The van der Waals surface area contributed by atoms with Crippen molar-refractivity contribution in [1.82, 2.24) is 9.97 Å². The molecule has 1 aromatic carbocycles. The molecule has 24 heavy (non-hydrogen) atoms. The summed E-state index contributed by atoms with van der Waals surface area (Å²) in [5.74, 6) is 0.381. The van der Waals surface area contributed by atoms with Gasteiger partial charge in [-0.15, -0.1) is 0 Å². The van der Waals surface area contributed by atoms with Gasteiger partial charge in [0.2, 0.25) is 0 Å². The maximum absolute atomic E-state index is 12.4. The smallest absolute Gasteiger partial charge is 0.257 e. The second kappa shape index (κ2) is 6.91. The summed E-state index contributed by atoms with van der Waals surface area (Å²) in [5.41, 5.74) is 3.63. The van der Waals surface area contributed by atoms with Crippen molar-refractivity contribution in [1.29, 1.82) is 0 Å². The zero-order chi connectivity index (χ0) is 16.9. The van der Waals surface area contributed by atoms with Gasteiger partial charge in [-0.2, -0.15) is 0 Å². The van der Waals surface area contributed by atoms with Crippen LogP contribution in [0.5, 0.6) is 5.75 Å². The zero-order valence-corrected chi connectivity index (χ0v) is 13.5. The first-order chi connectivity index (χ1) is 11.7. The van der Waals surface area contributed by atoms with E-state index in [1.165, 1.54) is 0 Å². The molecule has 2 aromatic heterocycles. The number of amides is 1. The average molecular weight is 319 g/mol.